The predicted octanol–water partition coefficient (Wildman–Crippen LogP) is 1.95. The summed E-state index contributed by atoms with van der Waals surface area (Å²) < 4.78 is 5.17. The zero-order valence-corrected chi connectivity index (χ0v) is 9.07. The third-order valence-electron chi connectivity index (χ3n) is 0.914. The quantitative estimate of drug-likeness (QED) is 0.777. The van der Waals surface area contributed by atoms with Crippen LogP contribution in [0.5, 0.6) is 0 Å². The van der Waals surface area contributed by atoms with Crippen LogP contribution in [-0.2, 0) is 9.53 Å². The Labute approximate surface area is 84.2 Å². The van der Waals surface area contributed by atoms with E-state index in [0.717, 1.165) is 3.81 Å². The molecule has 5 heteroatoms. The Bertz CT molecular complexity index is 215. The lowest BCUT2D eigenvalue weighted by molar-refractivity contribution is -0.139. The highest BCUT2D eigenvalue weighted by Crippen LogP contribution is 2.21. The normalized spacial score (nSPS) is 11.0. The van der Waals surface area contributed by atoms with Crippen molar-refractivity contribution in [1.29, 1.82) is 0 Å². The van der Waals surface area contributed by atoms with Crippen molar-refractivity contribution in [3.05, 3.63) is 21.5 Å². The Hall–Kier alpha value is -0.420. The standard InChI is InChI=1S/C7H10BrNO2S/c1-5(8)12-4-6(9)3-7(10)11-2/h4H,1,3,9H2,2H3/b6-4-. The summed E-state index contributed by atoms with van der Waals surface area (Å²) in [6, 6.07) is 0. The molecule has 0 heterocycles. The lowest BCUT2D eigenvalue weighted by Gasteiger charge is -1.98. The van der Waals surface area contributed by atoms with Gasteiger partial charge in [-0.3, -0.25) is 4.79 Å². The van der Waals surface area contributed by atoms with Gasteiger partial charge in [-0.1, -0.05) is 18.3 Å². The minimum absolute atomic E-state index is 0.115. The number of esters is 1. The molecule has 0 aromatic rings. The number of thioether (sulfide) groups is 1. The van der Waals surface area contributed by atoms with Gasteiger partial charge in [-0.25, -0.2) is 0 Å². The fourth-order valence-electron chi connectivity index (χ4n) is 0.420. The van der Waals surface area contributed by atoms with E-state index in [1.54, 1.807) is 5.41 Å². The number of hydrogen-bond acceptors (Lipinski definition) is 4. The molecule has 0 radical (unpaired) electrons. The van der Waals surface area contributed by atoms with E-state index in [2.05, 4.69) is 27.2 Å². The maximum absolute atomic E-state index is 10.7. The minimum Gasteiger partial charge on any atom is -0.469 e. The van der Waals surface area contributed by atoms with E-state index < -0.39 is 0 Å². The molecule has 0 spiro atoms. The van der Waals surface area contributed by atoms with Crippen LogP contribution in [0, 0.1) is 0 Å². The van der Waals surface area contributed by atoms with Gasteiger partial charge in [0.2, 0.25) is 0 Å². The minimum atomic E-state index is -0.343. The molecular formula is C7H10BrNO2S. The van der Waals surface area contributed by atoms with Gasteiger partial charge in [0.05, 0.1) is 13.5 Å². The fraction of sp³-hybridized carbons (Fsp3) is 0.286. The van der Waals surface area contributed by atoms with Crippen molar-refractivity contribution in [2.24, 2.45) is 5.73 Å². The molecule has 0 aromatic heterocycles. The van der Waals surface area contributed by atoms with Gasteiger partial charge in [0.15, 0.2) is 0 Å². The SMILES string of the molecule is C=C(Br)S/C=C(\N)CC(=O)OC. The summed E-state index contributed by atoms with van der Waals surface area (Å²) in [7, 11) is 1.33. The van der Waals surface area contributed by atoms with Gasteiger partial charge in [-0.15, -0.1) is 0 Å². The average Bonchev–Trinajstić information content (AvgIpc) is 2.00. The monoisotopic (exact) mass is 251 g/mol. The Balaban J connectivity index is 3.85. The molecule has 0 unspecified atom stereocenters. The second kappa shape index (κ2) is 6.14. The first kappa shape index (κ1) is 11.6. The molecule has 0 aromatic carbocycles. The first-order chi connectivity index (χ1) is 5.56. The van der Waals surface area contributed by atoms with E-state index in [1.807, 2.05) is 0 Å². The molecule has 2 N–H and O–H groups in total. The third kappa shape index (κ3) is 6.30. The third-order valence-corrected chi connectivity index (χ3v) is 2.15. The Morgan fingerprint density at radius 2 is 2.42 bits per heavy atom. The van der Waals surface area contributed by atoms with Crippen LogP contribution >= 0.6 is 27.7 Å². The van der Waals surface area contributed by atoms with Gasteiger partial charge in [-0.05, 0) is 21.3 Å². The number of hydrogen-bond donors (Lipinski definition) is 1. The maximum Gasteiger partial charge on any atom is 0.311 e. The van der Waals surface area contributed by atoms with E-state index in [4.69, 9.17) is 5.73 Å². The van der Waals surface area contributed by atoms with E-state index in [9.17, 15) is 4.79 Å². The molecule has 0 rings (SSSR count). The van der Waals surface area contributed by atoms with Crippen molar-refractivity contribution in [3.8, 4) is 0 Å². The second-order valence-corrected chi connectivity index (χ2v) is 4.36. The summed E-state index contributed by atoms with van der Waals surface area (Å²) in [5.41, 5.74) is 5.94. The van der Waals surface area contributed by atoms with E-state index >= 15 is 0 Å². The highest BCUT2D eigenvalue weighted by molar-refractivity contribution is 9.14. The van der Waals surface area contributed by atoms with E-state index in [0.29, 0.717) is 5.70 Å². The van der Waals surface area contributed by atoms with Crippen LogP contribution in [0.4, 0.5) is 0 Å². The molecule has 0 aliphatic carbocycles. The van der Waals surface area contributed by atoms with Crippen LogP contribution in [0.25, 0.3) is 0 Å². The molecule has 0 saturated heterocycles. The van der Waals surface area contributed by atoms with Crippen molar-refractivity contribution in [3.63, 3.8) is 0 Å². The molecule has 0 atom stereocenters. The highest BCUT2D eigenvalue weighted by atomic mass is 79.9. The number of methoxy groups -OCH3 is 1. The van der Waals surface area contributed by atoms with Crippen LogP contribution in [0.1, 0.15) is 6.42 Å². The summed E-state index contributed by atoms with van der Waals surface area (Å²) in [5, 5.41) is 1.65. The van der Waals surface area contributed by atoms with Crippen LogP contribution in [0.2, 0.25) is 0 Å². The van der Waals surface area contributed by atoms with Crippen molar-refractivity contribution in [2.75, 3.05) is 7.11 Å². The summed E-state index contributed by atoms with van der Waals surface area (Å²) in [4.78, 5) is 10.7. The molecule has 0 fully saturated rings. The van der Waals surface area contributed by atoms with Crippen LogP contribution in [0.15, 0.2) is 21.5 Å². The Kier molecular flexibility index (Phi) is 5.92. The van der Waals surface area contributed by atoms with Crippen LogP contribution < -0.4 is 5.73 Å². The lowest BCUT2D eigenvalue weighted by atomic mass is 10.4. The van der Waals surface area contributed by atoms with Crippen LogP contribution in [-0.4, -0.2) is 13.1 Å². The van der Waals surface area contributed by atoms with Gasteiger partial charge in [-0.2, -0.15) is 0 Å². The molecular weight excluding hydrogens is 242 g/mol. The van der Waals surface area contributed by atoms with Crippen LogP contribution in [0.3, 0.4) is 0 Å². The largest absolute Gasteiger partial charge is 0.469 e. The zero-order chi connectivity index (χ0) is 9.56. The number of halogens is 1. The predicted molar refractivity (Wildman–Crippen MR) is 54.6 cm³/mol. The second-order valence-electron chi connectivity index (χ2n) is 1.92. The Morgan fingerprint density at radius 3 is 2.83 bits per heavy atom. The van der Waals surface area contributed by atoms with Crippen molar-refractivity contribution in [2.45, 2.75) is 6.42 Å². The van der Waals surface area contributed by atoms with E-state index in [-0.39, 0.29) is 12.4 Å². The van der Waals surface area contributed by atoms with Gasteiger partial charge in [0.25, 0.3) is 0 Å². The van der Waals surface area contributed by atoms with Gasteiger partial charge in [0.1, 0.15) is 0 Å². The molecule has 0 saturated carbocycles. The first-order valence-electron chi connectivity index (χ1n) is 3.08. The summed E-state index contributed by atoms with van der Waals surface area (Å²) in [5.74, 6) is -0.343. The van der Waals surface area contributed by atoms with Gasteiger partial charge in [0, 0.05) is 9.51 Å². The Morgan fingerprint density at radius 1 is 1.83 bits per heavy atom. The zero-order valence-electron chi connectivity index (χ0n) is 6.67. The molecule has 0 bridgehead atoms. The number of rotatable bonds is 4. The summed E-state index contributed by atoms with van der Waals surface area (Å²) in [6.45, 7) is 3.59. The van der Waals surface area contributed by atoms with Gasteiger partial charge < -0.3 is 10.5 Å². The highest BCUT2D eigenvalue weighted by Gasteiger charge is 2.01. The topological polar surface area (TPSA) is 52.3 Å². The number of nitrogens with two attached hydrogens (primary N) is 1. The number of carbonyl (C=O) groups excluding carboxylic acids is 1. The summed E-state index contributed by atoms with van der Waals surface area (Å²) >= 11 is 4.46. The molecule has 0 amide bonds. The maximum atomic E-state index is 10.7. The van der Waals surface area contributed by atoms with Crippen molar-refractivity contribution in [1.82, 2.24) is 0 Å². The fourth-order valence-corrected chi connectivity index (χ4v) is 1.06. The number of ether oxygens (including phenoxy) is 1. The van der Waals surface area contributed by atoms with Crippen molar-refractivity contribution >= 4 is 33.7 Å². The van der Waals surface area contributed by atoms with E-state index in [1.165, 1.54) is 18.9 Å². The average molecular weight is 252 g/mol. The smallest absolute Gasteiger partial charge is 0.311 e. The summed E-state index contributed by atoms with van der Waals surface area (Å²) in [6.07, 6.45) is 0.115. The molecule has 0 aliphatic heterocycles. The molecule has 3 nitrogen and oxygen atoms in total. The number of carbonyl (C=O) groups is 1. The van der Waals surface area contributed by atoms with Gasteiger partial charge >= 0.3 is 5.97 Å². The molecule has 12 heavy (non-hydrogen) atoms. The molecule has 0 aliphatic rings. The van der Waals surface area contributed by atoms with Crippen molar-refractivity contribution < 1.29 is 9.53 Å². The first-order valence-corrected chi connectivity index (χ1v) is 4.76. The lowest BCUT2D eigenvalue weighted by Crippen LogP contribution is -2.06. The molecule has 68 valence electrons.